The molecule has 0 bridgehead atoms. The van der Waals surface area contributed by atoms with Gasteiger partial charge >= 0.3 is 0 Å². The minimum absolute atomic E-state index is 0.206. The Morgan fingerprint density at radius 3 is 2.12 bits per heavy atom. The Kier molecular flexibility index (Phi) is 3.41. The van der Waals surface area contributed by atoms with Gasteiger partial charge < -0.3 is 0 Å². The summed E-state index contributed by atoms with van der Waals surface area (Å²) in [4.78, 5) is 4.54. The zero-order valence-electron chi connectivity index (χ0n) is 10.5. The molecule has 0 spiro atoms. The van der Waals surface area contributed by atoms with Crippen molar-refractivity contribution in [1.29, 1.82) is 0 Å². The summed E-state index contributed by atoms with van der Waals surface area (Å²) in [6.07, 6.45) is 0. The number of aromatic nitrogens is 1. The fourth-order valence-corrected chi connectivity index (χ4v) is 2.96. The van der Waals surface area contributed by atoms with Gasteiger partial charge in [-0.15, -0.1) is 11.3 Å². The second-order valence-corrected chi connectivity index (χ2v) is 7.52. The second kappa shape index (κ2) is 4.54. The standard InChI is InChI=1S/C14H16BrNS/c1-9-12(15)17-13(16-9)10-5-7-11(8-6-10)14(2,3)4/h5-8H,1-4H3. The van der Waals surface area contributed by atoms with Crippen LogP contribution in [0, 0.1) is 6.92 Å². The summed E-state index contributed by atoms with van der Waals surface area (Å²) in [5, 5.41) is 1.08. The maximum absolute atomic E-state index is 4.54. The molecule has 1 nitrogen and oxygen atoms in total. The maximum atomic E-state index is 4.54. The van der Waals surface area contributed by atoms with Gasteiger partial charge in [0.15, 0.2) is 0 Å². The fraction of sp³-hybridized carbons (Fsp3) is 0.357. The summed E-state index contributed by atoms with van der Waals surface area (Å²) >= 11 is 5.20. The fourth-order valence-electron chi connectivity index (χ4n) is 1.61. The third-order valence-electron chi connectivity index (χ3n) is 2.74. The molecule has 1 heterocycles. The number of benzene rings is 1. The normalized spacial score (nSPS) is 11.8. The first kappa shape index (κ1) is 12.8. The second-order valence-electron chi connectivity index (χ2n) is 5.21. The van der Waals surface area contributed by atoms with E-state index in [9.17, 15) is 0 Å². The van der Waals surface area contributed by atoms with Gasteiger partial charge in [0, 0.05) is 5.56 Å². The molecule has 0 saturated heterocycles. The monoisotopic (exact) mass is 309 g/mol. The van der Waals surface area contributed by atoms with E-state index in [1.54, 1.807) is 11.3 Å². The molecule has 2 rings (SSSR count). The van der Waals surface area contributed by atoms with Crippen molar-refractivity contribution in [2.75, 3.05) is 0 Å². The predicted octanol–water partition coefficient (Wildman–Crippen LogP) is 5.18. The summed E-state index contributed by atoms with van der Waals surface area (Å²) in [6.45, 7) is 8.71. The molecule has 0 atom stereocenters. The lowest BCUT2D eigenvalue weighted by atomic mass is 9.87. The predicted molar refractivity (Wildman–Crippen MR) is 78.7 cm³/mol. The van der Waals surface area contributed by atoms with Crippen LogP contribution in [-0.4, -0.2) is 4.98 Å². The molecule has 0 aliphatic heterocycles. The van der Waals surface area contributed by atoms with Crippen LogP contribution < -0.4 is 0 Å². The highest BCUT2D eigenvalue weighted by atomic mass is 79.9. The molecule has 0 radical (unpaired) electrons. The molecule has 0 aliphatic carbocycles. The molecule has 0 unspecified atom stereocenters. The van der Waals surface area contributed by atoms with E-state index >= 15 is 0 Å². The molecule has 1 aromatic heterocycles. The molecule has 0 amide bonds. The van der Waals surface area contributed by atoms with Gasteiger partial charge in [0.05, 0.1) is 9.48 Å². The lowest BCUT2D eigenvalue weighted by Gasteiger charge is -2.18. The molecule has 90 valence electrons. The minimum Gasteiger partial charge on any atom is -0.240 e. The van der Waals surface area contributed by atoms with Crippen molar-refractivity contribution in [3.8, 4) is 10.6 Å². The van der Waals surface area contributed by atoms with Crippen LogP contribution >= 0.6 is 27.3 Å². The first-order valence-corrected chi connectivity index (χ1v) is 7.23. The number of hydrogen-bond acceptors (Lipinski definition) is 2. The third kappa shape index (κ3) is 2.78. The Labute approximate surface area is 115 Å². The molecular formula is C14H16BrNS. The lowest BCUT2D eigenvalue weighted by molar-refractivity contribution is 0.590. The number of nitrogens with zero attached hydrogens (tertiary/aromatic N) is 1. The van der Waals surface area contributed by atoms with Crippen LogP contribution in [0.1, 0.15) is 32.0 Å². The smallest absolute Gasteiger partial charge is 0.124 e. The molecule has 17 heavy (non-hydrogen) atoms. The van der Waals surface area contributed by atoms with E-state index in [-0.39, 0.29) is 5.41 Å². The average molecular weight is 310 g/mol. The summed E-state index contributed by atoms with van der Waals surface area (Å²) in [7, 11) is 0. The van der Waals surface area contributed by atoms with Crippen molar-refractivity contribution in [1.82, 2.24) is 4.98 Å². The Balaban J connectivity index is 2.36. The maximum Gasteiger partial charge on any atom is 0.124 e. The van der Waals surface area contributed by atoms with Crippen molar-refractivity contribution < 1.29 is 0 Å². The highest BCUT2D eigenvalue weighted by Crippen LogP contribution is 2.32. The lowest BCUT2D eigenvalue weighted by Crippen LogP contribution is -2.10. The molecule has 1 aromatic carbocycles. The average Bonchev–Trinajstić information content (AvgIpc) is 2.58. The quantitative estimate of drug-likeness (QED) is 0.707. The van der Waals surface area contributed by atoms with E-state index in [4.69, 9.17) is 0 Å². The molecular weight excluding hydrogens is 294 g/mol. The molecule has 3 heteroatoms. The van der Waals surface area contributed by atoms with E-state index in [1.165, 1.54) is 11.1 Å². The van der Waals surface area contributed by atoms with Crippen molar-refractivity contribution in [3.05, 3.63) is 39.3 Å². The van der Waals surface area contributed by atoms with Crippen molar-refractivity contribution in [2.45, 2.75) is 33.1 Å². The summed E-state index contributed by atoms with van der Waals surface area (Å²) < 4.78 is 1.12. The number of rotatable bonds is 1. The van der Waals surface area contributed by atoms with Crippen LogP contribution in [0.3, 0.4) is 0 Å². The van der Waals surface area contributed by atoms with Crippen LogP contribution in [0.15, 0.2) is 28.1 Å². The van der Waals surface area contributed by atoms with Crippen molar-refractivity contribution in [3.63, 3.8) is 0 Å². The zero-order valence-corrected chi connectivity index (χ0v) is 12.9. The molecule has 2 aromatic rings. The van der Waals surface area contributed by atoms with Gasteiger partial charge in [-0.2, -0.15) is 0 Å². The highest BCUT2D eigenvalue weighted by molar-refractivity contribution is 9.11. The van der Waals surface area contributed by atoms with Gasteiger partial charge in [-0.1, -0.05) is 45.0 Å². The highest BCUT2D eigenvalue weighted by Gasteiger charge is 2.14. The van der Waals surface area contributed by atoms with E-state index in [1.807, 2.05) is 6.92 Å². The van der Waals surface area contributed by atoms with E-state index in [0.29, 0.717) is 0 Å². The van der Waals surface area contributed by atoms with Gasteiger partial charge in [0.1, 0.15) is 5.01 Å². The zero-order chi connectivity index (χ0) is 12.6. The molecule has 0 N–H and O–H groups in total. The Hall–Kier alpha value is -0.670. The largest absolute Gasteiger partial charge is 0.240 e. The first-order valence-electron chi connectivity index (χ1n) is 5.62. The summed E-state index contributed by atoms with van der Waals surface area (Å²) in [6, 6.07) is 8.70. The number of hydrogen-bond donors (Lipinski definition) is 0. The van der Waals surface area contributed by atoms with E-state index < -0.39 is 0 Å². The first-order chi connectivity index (χ1) is 7.88. The Morgan fingerprint density at radius 1 is 1.12 bits per heavy atom. The van der Waals surface area contributed by atoms with E-state index in [2.05, 4.69) is 66.0 Å². The number of thiazole rings is 1. The van der Waals surface area contributed by atoms with Gasteiger partial charge in [-0.3, -0.25) is 0 Å². The van der Waals surface area contributed by atoms with Gasteiger partial charge in [0.2, 0.25) is 0 Å². The summed E-state index contributed by atoms with van der Waals surface area (Å²) in [5.41, 5.74) is 3.81. The van der Waals surface area contributed by atoms with Crippen LogP contribution in [0.5, 0.6) is 0 Å². The van der Waals surface area contributed by atoms with E-state index in [0.717, 1.165) is 14.5 Å². The molecule has 0 fully saturated rings. The van der Waals surface area contributed by atoms with Gasteiger partial charge in [0.25, 0.3) is 0 Å². The van der Waals surface area contributed by atoms with Crippen LogP contribution in [-0.2, 0) is 5.41 Å². The van der Waals surface area contributed by atoms with Crippen molar-refractivity contribution in [2.24, 2.45) is 0 Å². The van der Waals surface area contributed by atoms with Crippen molar-refractivity contribution >= 4 is 27.3 Å². The number of halogens is 1. The summed E-state index contributed by atoms with van der Waals surface area (Å²) in [5.74, 6) is 0. The minimum atomic E-state index is 0.206. The Morgan fingerprint density at radius 2 is 1.71 bits per heavy atom. The number of aryl methyl sites for hydroxylation is 1. The van der Waals surface area contributed by atoms with Crippen LogP contribution in [0.25, 0.3) is 10.6 Å². The molecule has 0 saturated carbocycles. The topological polar surface area (TPSA) is 12.9 Å². The molecule has 0 aliphatic rings. The van der Waals surface area contributed by atoms with Crippen LogP contribution in [0.4, 0.5) is 0 Å². The van der Waals surface area contributed by atoms with Crippen LogP contribution in [0.2, 0.25) is 0 Å². The van der Waals surface area contributed by atoms with Gasteiger partial charge in [-0.05, 0) is 33.8 Å². The Bertz CT molecular complexity index is 501. The third-order valence-corrected chi connectivity index (χ3v) is 4.79. The SMILES string of the molecule is Cc1nc(-c2ccc(C(C)(C)C)cc2)sc1Br. The van der Waals surface area contributed by atoms with Gasteiger partial charge in [-0.25, -0.2) is 4.98 Å².